The molecule has 0 aliphatic carbocycles. The third-order valence-corrected chi connectivity index (χ3v) is 4.33. The molecule has 3 rings (SSSR count). The molecular formula is C24H25BrF6N4O2. The minimum Gasteiger partial charge on any atom is -0.460 e. The second-order valence-electron chi connectivity index (χ2n) is 8.17. The lowest BCUT2D eigenvalue weighted by molar-refractivity contribution is -0.153. The summed E-state index contributed by atoms with van der Waals surface area (Å²) < 4.78 is 77.9. The maximum atomic E-state index is 12.4. The van der Waals surface area contributed by atoms with Gasteiger partial charge in [0, 0.05) is 28.8 Å². The summed E-state index contributed by atoms with van der Waals surface area (Å²) in [4.78, 5) is 21.9. The molecule has 202 valence electrons. The van der Waals surface area contributed by atoms with Crippen LogP contribution in [-0.2, 0) is 16.0 Å². The molecule has 3 aromatic rings. The van der Waals surface area contributed by atoms with Crippen LogP contribution in [0.25, 0.3) is 0 Å². The largest absolute Gasteiger partial charge is 0.460 e. The second-order valence-corrected chi connectivity index (χ2v) is 9.08. The predicted octanol–water partition coefficient (Wildman–Crippen LogP) is 7.29. The van der Waals surface area contributed by atoms with Crippen LogP contribution in [0.2, 0.25) is 0 Å². The van der Waals surface area contributed by atoms with Crippen LogP contribution in [0.3, 0.4) is 0 Å². The number of hydrogen-bond donors (Lipinski definition) is 1. The number of nitrogen functional groups attached to an aromatic ring is 1. The van der Waals surface area contributed by atoms with Crippen molar-refractivity contribution in [2.45, 2.75) is 52.1 Å². The number of carbonyl (C=O) groups excluding carboxylic acids is 1. The van der Waals surface area contributed by atoms with E-state index in [-0.39, 0.29) is 23.5 Å². The monoisotopic (exact) mass is 594 g/mol. The van der Waals surface area contributed by atoms with Crippen molar-refractivity contribution in [1.29, 1.82) is 0 Å². The molecule has 37 heavy (non-hydrogen) atoms. The molecule has 0 fully saturated rings. The number of rotatable bonds is 5. The highest BCUT2D eigenvalue weighted by Gasteiger charge is 2.17. The van der Waals surface area contributed by atoms with Crippen molar-refractivity contribution in [3.8, 4) is 0 Å². The maximum Gasteiger partial charge on any atom is 0.310 e. The van der Waals surface area contributed by atoms with Crippen LogP contribution in [0.1, 0.15) is 62.7 Å². The number of carbonyl (C=O) groups is 1. The molecule has 0 aromatic carbocycles. The molecule has 0 aliphatic rings. The molecule has 0 unspecified atom stereocenters. The van der Waals surface area contributed by atoms with Crippen LogP contribution in [0.4, 0.5) is 32.0 Å². The van der Waals surface area contributed by atoms with Gasteiger partial charge in [0.2, 0.25) is 0 Å². The maximum absolute atomic E-state index is 12.4. The van der Waals surface area contributed by atoms with Gasteiger partial charge in [0.15, 0.2) is 0 Å². The van der Waals surface area contributed by atoms with Gasteiger partial charge >= 0.3 is 5.97 Å². The third kappa shape index (κ3) is 13.6. The minimum absolute atomic E-state index is 0.0283. The number of halogens is 7. The van der Waals surface area contributed by atoms with E-state index in [1.54, 1.807) is 26.8 Å². The van der Waals surface area contributed by atoms with Gasteiger partial charge in [-0.3, -0.25) is 19.7 Å². The number of hydrogen-bond acceptors (Lipinski definition) is 6. The van der Waals surface area contributed by atoms with E-state index in [1.807, 2.05) is 0 Å². The number of aromatic nitrogens is 3. The van der Waals surface area contributed by atoms with Gasteiger partial charge < -0.3 is 10.5 Å². The van der Waals surface area contributed by atoms with E-state index < -0.39 is 30.8 Å². The highest BCUT2D eigenvalue weighted by molar-refractivity contribution is 9.10. The molecule has 0 radical (unpaired) electrons. The van der Waals surface area contributed by atoms with Crippen molar-refractivity contribution < 1.29 is 35.9 Å². The van der Waals surface area contributed by atoms with E-state index in [4.69, 9.17) is 10.5 Å². The number of esters is 1. The summed E-state index contributed by atoms with van der Waals surface area (Å²) >= 11 is 3.06. The van der Waals surface area contributed by atoms with Crippen molar-refractivity contribution >= 4 is 27.6 Å². The Labute approximate surface area is 218 Å². The first-order valence-corrected chi connectivity index (χ1v) is 11.3. The number of nitrogens with two attached hydrogens (primary N) is 1. The normalized spacial score (nSPS) is 10.9. The summed E-state index contributed by atoms with van der Waals surface area (Å²) in [6.45, 7) is 5.26. The number of nitrogens with zero attached hydrogens (tertiary/aromatic N) is 3. The molecule has 0 saturated carbocycles. The second kappa shape index (κ2) is 15.1. The first-order valence-electron chi connectivity index (χ1n) is 10.5. The molecule has 0 atom stereocenters. The van der Waals surface area contributed by atoms with Crippen LogP contribution in [0, 0.1) is 0 Å². The molecule has 0 spiro atoms. The van der Waals surface area contributed by atoms with Gasteiger partial charge in [-0.15, -0.1) is 0 Å². The molecule has 2 N–H and O–H groups in total. The predicted molar refractivity (Wildman–Crippen MR) is 129 cm³/mol. The fourth-order valence-electron chi connectivity index (χ4n) is 2.39. The molecule has 0 amide bonds. The van der Waals surface area contributed by atoms with Crippen molar-refractivity contribution in [3.63, 3.8) is 0 Å². The highest BCUT2D eigenvalue weighted by atomic mass is 79.9. The molecule has 3 aromatic heterocycles. The third-order valence-electron chi connectivity index (χ3n) is 3.83. The summed E-state index contributed by atoms with van der Waals surface area (Å²) in [5.74, 6) is -0.441. The first-order chi connectivity index (χ1) is 17.2. The number of alkyl halides is 6. The van der Waals surface area contributed by atoms with Crippen LogP contribution in [0.15, 0.2) is 59.5 Å². The van der Waals surface area contributed by atoms with E-state index >= 15 is 0 Å². The standard InChI is InChI=1S/C12H15F2NO2.C6H4BrF2N.C6H6F2N2/c1-12(2,3)17-10(16)7-8-4-5-15-9(6-8)11(13)14;7-4-1-2-10-5(3-4)6(8)9;7-6(8)5-3-4(9)1-2-10-5/h4-6,11H,7H2,1-3H3;1-3,6H;1-3,6H,(H2,9,10). The Morgan fingerprint density at radius 1 is 0.838 bits per heavy atom. The first kappa shape index (κ1) is 31.8. The average Bonchev–Trinajstić information content (AvgIpc) is 2.79. The van der Waals surface area contributed by atoms with Crippen LogP contribution in [0.5, 0.6) is 0 Å². The van der Waals surface area contributed by atoms with Gasteiger partial charge in [-0.1, -0.05) is 15.9 Å². The summed E-state index contributed by atoms with van der Waals surface area (Å²) in [6, 6.07) is 8.26. The topological polar surface area (TPSA) is 91.0 Å². The van der Waals surface area contributed by atoms with Crippen LogP contribution >= 0.6 is 15.9 Å². The molecule has 0 aliphatic heterocycles. The zero-order valence-electron chi connectivity index (χ0n) is 20.0. The Kier molecular flexibility index (Phi) is 13.0. The Balaban J connectivity index is 0.000000294. The van der Waals surface area contributed by atoms with Gasteiger partial charge in [0.1, 0.15) is 22.7 Å². The van der Waals surface area contributed by atoms with E-state index in [0.29, 0.717) is 15.7 Å². The van der Waals surface area contributed by atoms with Crippen molar-refractivity contribution in [2.75, 3.05) is 5.73 Å². The van der Waals surface area contributed by atoms with Crippen molar-refractivity contribution in [1.82, 2.24) is 15.0 Å². The Hall–Kier alpha value is -3.22. The van der Waals surface area contributed by atoms with Gasteiger partial charge in [-0.25, -0.2) is 26.3 Å². The zero-order chi connectivity index (χ0) is 28.2. The van der Waals surface area contributed by atoms with Crippen LogP contribution in [-0.4, -0.2) is 26.5 Å². The molecule has 0 saturated heterocycles. The molecule has 13 heteroatoms. The van der Waals surface area contributed by atoms with E-state index in [9.17, 15) is 31.1 Å². The average molecular weight is 595 g/mol. The summed E-state index contributed by atoms with van der Waals surface area (Å²) in [5, 5.41) is 0. The quantitative estimate of drug-likeness (QED) is 0.246. The Morgan fingerprint density at radius 3 is 1.70 bits per heavy atom. The lowest BCUT2D eigenvalue weighted by Gasteiger charge is -2.19. The van der Waals surface area contributed by atoms with Gasteiger partial charge in [-0.05, 0) is 62.7 Å². The number of pyridine rings is 3. The fourth-order valence-corrected chi connectivity index (χ4v) is 2.75. The smallest absolute Gasteiger partial charge is 0.310 e. The summed E-state index contributed by atoms with van der Waals surface area (Å²) in [5.41, 5.74) is 4.63. The van der Waals surface area contributed by atoms with E-state index in [1.165, 1.54) is 42.9 Å². The highest BCUT2D eigenvalue weighted by Crippen LogP contribution is 2.20. The lowest BCUT2D eigenvalue weighted by Crippen LogP contribution is -2.24. The van der Waals surface area contributed by atoms with Gasteiger partial charge in [0.25, 0.3) is 19.3 Å². The fraction of sp³-hybridized carbons (Fsp3) is 0.333. The summed E-state index contributed by atoms with van der Waals surface area (Å²) in [7, 11) is 0. The van der Waals surface area contributed by atoms with E-state index in [0.717, 1.165) is 6.07 Å². The van der Waals surface area contributed by atoms with Crippen LogP contribution < -0.4 is 5.73 Å². The Morgan fingerprint density at radius 2 is 1.30 bits per heavy atom. The number of ether oxygens (including phenoxy) is 1. The van der Waals surface area contributed by atoms with Crippen molar-refractivity contribution in [3.05, 3.63) is 82.1 Å². The van der Waals surface area contributed by atoms with Gasteiger partial charge in [-0.2, -0.15) is 0 Å². The lowest BCUT2D eigenvalue weighted by atomic mass is 10.1. The molecule has 0 bridgehead atoms. The molecule has 3 heterocycles. The summed E-state index contributed by atoms with van der Waals surface area (Å²) in [6.07, 6.45) is -3.82. The zero-order valence-corrected chi connectivity index (χ0v) is 21.6. The molecule has 6 nitrogen and oxygen atoms in total. The minimum atomic E-state index is -2.63. The van der Waals surface area contributed by atoms with E-state index in [2.05, 4.69) is 30.9 Å². The SMILES string of the molecule is CC(C)(C)OC(=O)Cc1ccnc(C(F)F)c1.FC(F)c1cc(Br)ccn1.Nc1ccnc(C(F)F)c1. The van der Waals surface area contributed by atoms with Crippen molar-refractivity contribution in [2.24, 2.45) is 0 Å². The Bertz CT molecular complexity index is 1080. The molecular weight excluding hydrogens is 570 g/mol. The number of anilines is 1. The van der Waals surface area contributed by atoms with Gasteiger partial charge in [0.05, 0.1) is 6.42 Å².